The predicted molar refractivity (Wildman–Crippen MR) is 106 cm³/mol. The van der Waals surface area contributed by atoms with Crippen molar-refractivity contribution in [3.8, 4) is 23.0 Å². The zero-order valence-corrected chi connectivity index (χ0v) is 15.5. The SMILES string of the molecule is COC(=O)c1c(N)c(C#N)cn1-c1ccccc1-c1cc2nc(Cl)ccc2[nH]1. The van der Waals surface area contributed by atoms with Gasteiger partial charge < -0.3 is 20.0 Å². The molecule has 4 rings (SSSR count). The number of nitrogens with two attached hydrogens (primary N) is 1. The van der Waals surface area contributed by atoms with Crippen molar-refractivity contribution < 1.29 is 9.53 Å². The monoisotopic (exact) mass is 391 g/mol. The second kappa shape index (κ2) is 6.76. The average Bonchev–Trinajstić information content (AvgIpc) is 3.27. The Morgan fingerprint density at radius 3 is 2.86 bits per heavy atom. The maximum Gasteiger partial charge on any atom is 0.357 e. The second-order valence-electron chi connectivity index (χ2n) is 6.05. The third-order valence-electron chi connectivity index (χ3n) is 4.44. The zero-order chi connectivity index (χ0) is 19.8. The lowest BCUT2D eigenvalue weighted by Gasteiger charge is -2.12. The van der Waals surface area contributed by atoms with Crippen LogP contribution in [0.3, 0.4) is 0 Å². The maximum absolute atomic E-state index is 12.3. The molecular formula is C20H14ClN5O2. The fourth-order valence-corrected chi connectivity index (χ4v) is 3.30. The molecule has 3 aromatic heterocycles. The number of rotatable bonds is 3. The van der Waals surface area contributed by atoms with Crippen molar-refractivity contribution in [3.63, 3.8) is 0 Å². The number of carbonyl (C=O) groups excluding carboxylic acids is 1. The van der Waals surface area contributed by atoms with Crippen molar-refractivity contribution in [1.29, 1.82) is 5.26 Å². The number of pyridine rings is 1. The third kappa shape index (κ3) is 2.76. The lowest BCUT2D eigenvalue weighted by atomic mass is 10.1. The Balaban J connectivity index is 1.96. The fourth-order valence-electron chi connectivity index (χ4n) is 3.14. The van der Waals surface area contributed by atoms with Crippen LogP contribution in [0.4, 0.5) is 5.69 Å². The number of ether oxygens (including phenoxy) is 1. The molecule has 8 heteroatoms. The summed E-state index contributed by atoms with van der Waals surface area (Å²) in [4.78, 5) is 19.9. The first-order valence-electron chi connectivity index (χ1n) is 8.27. The van der Waals surface area contributed by atoms with Gasteiger partial charge in [-0.3, -0.25) is 0 Å². The molecule has 0 bridgehead atoms. The van der Waals surface area contributed by atoms with Crippen molar-refractivity contribution in [2.45, 2.75) is 0 Å². The molecule has 28 heavy (non-hydrogen) atoms. The van der Waals surface area contributed by atoms with Gasteiger partial charge in [0.15, 0.2) is 5.69 Å². The van der Waals surface area contributed by atoms with Gasteiger partial charge >= 0.3 is 5.97 Å². The minimum atomic E-state index is -0.626. The van der Waals surface area contributed by atoms with E-state index in [0.717, 1.165) is 22.3 Å². The minimum Gasteiger partial charge on any atom is -0.464 e. The summed E-state index contributed by atoms with van der Waals surface area (Å²) in [6.45, 7) is 0. The predicted octanol–water partition coefficient (Wildman–Crippen LogP) is 3.91. The first-order chi connectivity index (χ1) is 13.5. The number of methoxy groups -OCH3 is 1. The summed E-state index contributed by atoms with van der Waals surface area (Å²) >= 11 is 5.98. The molecule has 0 saturated carbocycles. The Hall–Kier alpha value is -3.76. The number of aromatic nitrogens is 3. The number of aromatic amines is 1. The molecule has 7 nitrogen and oxygen atoms in total. The van der Waals surface area contributed by atoms with Crippen molar-refractivity contribution in [3.05, 3.63) is 65.1 Å². The standard InChI is InChI=1S/C20H14ClN5O2/c1-28-20(27)19-18(23)11(9-22)10-26(19)16-5-3-2-4-12(16)14-8-15-13(24-14)6-7-17(21)25-15/h2-8,10,24H,23H2,1H3. The van der Waals surface area contributed by atoms with Crippen LogP contribution in [-0.2, 0) is 4.74 Å². The van der Waals surface area contributed by atoms with Crippen molar-refractivity contribution in [2.24, 2.45) is 0 Å². The molecule has 3 N–H and O–H groups in total. The highest BCUT2D eigenvalue weighted by molar-refractivity contribution is 6.29. The molecule has 0 fully saturated rings. The Bertz CT molecular complexity index is 1270. The zero-order valence-electron chi connectivity index (χ0n) is 14.7. The molecule has 0 aliphatic rings. The highest BCUT2D eigenvalue weighted by Crippen LogP contribution is 2.32. The minimum absolute atomic E-state index is 0.0780. The van der Waals surface area contributed by atoms with Crippen LogP contribution in [0.25, 0.3) is 28.0 Å². The van der Waals surface area contributed by atoms with Crippen LogP contribution in [0, 0.1) is 11.3 Å². The second-order valence-corrected chi connectivity index (χ2v) is 6.43. The molecular weight excluding hydrogens is 378 g/mol. The Kier molecular flexibility index (Phi) is 4.26. The summed E-state index contributed by atoms with van der Waals surface area (Å²) in [5.41, 5.74) is 10.2. The molecule has 0 saturated heterocycles. The summed E-state index contributed by atoms with van der Waals surface area (Å²) in [5, 5.41) is 9.74. The van der Waals surface area contributed by atoms with Gasteiger partial charge in [0.25, 0.3) is 0 Å². The van der Waals surface area contributed by atoms with E-state index in [4.69, 9.17) is 22.1 Å². The number of nitrogens with zero attached hydrogens (tertiary/aromatic N) is 3. The lowest BCUT2D eigenvalue weighted by molar-refractivity contribution is 0.0593. The van der Waals surface area contributed by atoms with E-state index in [1.54, 1.807) is 10.6 Å². The van der Waals surface area contributed by atoms with E-state index < -0.39 is 5.97 Å². The van der Waals surface area contributed by atoms with E-state index in [9.17, 15) is 10.1 Å². The van der Waals surface area contributed by atoms with Gasteiger partial charge in [0.05, 0.1) is 40.8 Å². The van der Waals surface area contributed by atoms with Gasteiger partial charge in [0.2, 0.25) is 0 Å². The van der Waals surface area contributed by atoms with E-state index >= 15 is 0 Å². The fraction of sp³-hybridized carbons (Fsp3) is 0.0500. The number of para-hydroxylation sites is 1. The number of fused-ring (bicyclic) bond motifs is 1. The van der Waals surface area contributed by atoms with Crippen LogP contribution < -0.4 is 5.73 Å². The van der Waals surface area contributed by atoms with Crippen LogP contribution in [0.15, 0.2) is 48.7 Å². The smallest absolute Gasteiger partial charge is 0.357 e. The molecule has 0 aliphatic heterocycles. The van der Waals surface area contributed by atoms with Gasteiger partial charge in [-0.05, 0) is 24.3 Å². The number of nitrogen functional groups attached to an aromatic ring is 1. The number of esters is 1. The summed E-state index contributed by atoms with van der Waals surface area (Å²) in [6, 6.07) is 14.9. The molecule has 0 atom stereocenters. The van der Waals surface area contributed by atoms with Crippen LogP contribution in [0.2, 0.25) is 5.15 Å². The van der Waals surface area contributed by atoms with Crippen molar-refractivity contribution in [1.82, 2.24) is 14.5 Å². The molecule has 138 valence electrons. The number of carbonyl (C=O) groups is 1. The summed E-state index contributed by atoms with van der Waals surface area (Å²) in [7, 11) is 1.27. The molecule has 3 heterocycles. The number of anilines is 1. The summed E-state index contributed by atoms with van der Waals surface area (Å²) in [5.74, 6) is -0.626. The first-order valence-corrected chi connectivity index (χ1v) is 8.65. The van der Waals surface area contributed by atoms with E-state index in [-0.39, 0.29) is 16.9 Å². The summed E-state index contributed by atoms with van der Waals surface area (Å²) in [6.07, 6.45) is 1.53. The van der Waals surface area contributed by atoms with Gasteiger partial charge in [-0.2, -0.15) is 5.26 Å². The Morgan fingerprint density at radius 1 is 1.32 bits per heavy atom. The quantitative estimate of drug-likeness (QED) is 0.406. The van der Waals surface area contributed by atoms with E-state index in [1.807, 2.05) is 42.5 Å². The number of benzene rings is 1. The number of H-pyrrole nitrogens is 1. The number of nitrogens with one attached hydrogen (secondary N) is 1. The number of nitriles is 1. The molecule has 4 aromatic rings. The van der Waals surface area contributed by atoms with Gasteiger partial charge in [-0.1, -0.05) is 29.8 Å². The number of hydrogen-bond acceptors (Lipinski definition) is 5. The number of hydrogen-bond donors (Lipinski definition) is 2. The summed E-state index contributed by atoms with van der Waals surface area (Å²) < 4.78 is 6.43. The number of halogens is 1. The molecule has 0 radical (unpaired) electrons. The molecule has 0 aliphatic carbocycles. The average molecular weight is 392 g/mol. The third-order valence-corrected chi connectivity index (χ3v) is 4.65. The molecule has 0 unspecified atom stereocenters. The first kappa shape index (κ1) is 17.6. The lowest BCUT2D eigenvalue weighted by Crippen LogP contribution is -2.11. The molecule has 0 spiro atoms. The van der Waals surface area contributed by atoms with Crippen molar-refractivity contribution >= 4 is 34.3 Å². The highest BCUT2D eigenvalue weighted by atomic mass is 35.5. The maximum atomic E-state index is 12.3. The van der Waals surface area contributed by atoms with E-state index in [2.05, 4.69) is 9.97 Å². The Morgan fingerprint density at radius 2 is 2.11 bits per heavy atom. The molecule has 1 aromatic carbocycles. The topological polar surface area (TPSA) is 110 Å². The highest BCUT2D eigenvalue weighted by Gasteiger charge is 2.23. The van der Waals surface area contributed by atoms with Crippen LogP contribution in [0.5, 0.6) is 0 Å². The van der Waals surface area contributed by atoms with E-state index in [0.29, 0.717) is 10.8 Å². The largest absolute Gasteiger partial charge is 0.464 e. The van der Waals surface area contributed by atoms with Gasteiger partial charge in [-0.15, -0.1) is 0 Å². The van der Waals surface area contributed by atoms with Gasteiger partial charge in [0, 0.05) is 11.8 Å². The Labute approximate surface area is 164 Å². The van der Waals surface area contributed by atoms with Crippen LogP contribution in [0.1, 0.15) is 16.1 Å². The normalized spacial score (nSPS) is 10.8. The van der Waals surface area contributed by atoms with E-state index in [1.165, 1.54) is 13.3 Å². The molecule has 0 amide bonds. The van der Waals surface area contributed by atoms with Gasteiger partial charge in [-0.25, -0.2) is 9.78 Å². The van der Waals surface area contributed by atoms with Gasteiger partial charge in [0.1, 0.15) is 11.2 Å². The van der Waals surface area contributed by atoms with Crippen LogP contribution >= 0.6 is 11.6 Å². The van der Waals surface area contributed by atoms with Crippen molar-refractivity contribution in [2.75, 3.05) is 12.8 Å². The van der Waals surface area contributed by atoms with Crippen LogP contribution in [-0.4, -0.2) is 27.6 Å².